The normalized spacial score (nSPS) is 18.8. The molecule has 4 rings (SSSR count). The number of hydrogen-bond donors (Lipinski definition) is 1. The Labute approximate surface area is 214 Å². The second kappa shape index (κ2) is 11.4. The van der Waals surface area contributed by atoms with Crippen LogP contribution in [0.4, 0.5) is 5.69 Å². The highest BCUT2D eigenvalue weighted by atomic mass is 32.2. The molecule has 1 heterocycles. The topological polar surface area (TPSA) is 104 Å². The molecule has 196 valence electrons. The molecule has 1 aliphatic heterocycles. The zero-order valence-electron chi connectivity index (χ0n) is 20.7. The third-order valence-electron chi connectivity index (χ3n) is 7.15. The highest BCUT2D eigenvalue weighted by molar-refractivity contribution is 7.89. The van der Waals surface area contributed by atoms with Gasteiger partial charge in [0, 0.05) is 24.8 Å². The van der Waals surface area contributed by atoms with E-state index in [1.165, 1.54) is 32.9 Å². The first-order chi connectivity index (χ1) is 17.2. The number of para-hydroxylation sites is 1. The van der Waals surface area contributed by atoms with Gasteiger partial charge in [0.1, 0.15) is 0 Å². The molecule has 0 spiro atoms. The van der Waals surface area contributed by atoms with Crippen molar-refractivity contribution in [3.63, 3.8) is 0 Å². The molecule has 2 aliphatic rings. The van der Waals surface area contributed by atoms with E-state index in [1.54, 1.807) is 24.3 Å². The first-order valence-electron chi connectivity index (χ1n) is 12.6. The van der Waals surface area contributed by atoms with Gasteiger partial charge in [0.15, 0.2) is 0 Å². The molecule has 8 nitrogen and oxygen atoms in total. The van der Waals surface area contributed by atoms with Gasteiger partial charge in [-0.05, 0) is 68.0 Å². The number of sulfonamides is 2. The summed E-state index contributed by atoms with van der Waals surface area (Å²) in [4.78, 5) is 12.9. The number of carbonyl (C=O) groups excluding carboxylic acids is 1. The summed E-state index contributed by atoms with van der Waals surface area (Å²) in [5.41, 5.74) is 0.602. The second-order valence-electron chi connectivity index (χ2n) is 9.81. The van der Waals surface area contributed by atoms with E-state index < -0.39 is 26.0 Å². The molecule has 36 heavy (non-hydrogen) atoms. The molecule has 2 aromatic carbocycles. The Morgan fingerprint density at radius 1 is 0.861 bits per heavy atom. The lowest BCUT2D eigenvalue weighted by Gasteiger charge is -2.33. The molecule has 2 aromatic rings. The molecular formula is C26H35N3O5S2. The number of piperidine rings is 1. The lowest BCUT2D eigenvalue weighted by molar-refractivity contribution is -0.116. The van der Waals surface area contributed by atoms with Gasteiger partial charge in [-0.15, -0.1) is 0 Å². The van der Waals surface area contributed by atoms with E-state index in [2.05, 4.69) is 12.2 Å². The van der Waals surface area contributed by atoms with Crippen LogP contribution in [0.25, 0.3) is 0 Å². The summed E-state index contributed by atoms with van der Waals surface area (Å²) >= 11 is 0. The molecule has 0 radical (unpaired) electrons. The number of rotatable bonds is 8. The molecule has 0 atom stereocenters. The Balaban J connectivity index is 1.55. The van der Waals surface area contributed by atoms with Gasteiger partial charge in [-0.25, -0.2) is 16.8 Å². The Bertz CT molecular complexity index is 1230. The van der Waals surface area contributed by atoms with Gasteiger partial charge in [-0.3, -0.25) is 4.79 Å². The molecule has 1 amide bonds. The van der Waals surface area contributed by atoms with Crippen LogP contribution in [0.5, 0.6) is 0 Å². The fourth-order valence-corrected chi connectivity index (χ4v) is 8.05. The molecule has 1 saturated heterocycles. The van der Waals surface area contributed by atoms with Crippen LogP contribution in [0, 0.1) is 5.92 Å². The van der Waals surface area contributed by atoms with E-state index in [-0.39, 0.29) is 22.4 Å². The molecule has 0 bridgehead atoms. The standard InChI is InChI=1S/C26H35N3O5S2/c1-21-16-18-28(19-17-21)35(31,32)24-12-14-25(15-13-24)36(33,34)29(23-10-6-3-7-11-23)20-26(30)27-22-8-4-2-5-9-22/h2,4-5,8-9,12-15,21,23H,3,6-7,10-11,16-20H2,1H3,(H,27,30). The maximum Gasteiger partial charge on any atom is 0.243 e. The van der Waals surface area contributed by atoms with E-state index in [0.717, 1.165) is 32.1 Å². The number of anilines is 1. The van der Waals surface area contributed by atoms with Crippen LogP contribution < -0.4 is 5.32 Å². The largest absolute Gasteiger partial charge is 0.325 e. The third-order valence-corrected chi connectivity index (χ3v) is 11.0. The van der Waals surface area contributed by atoms with Crippen molar-refractivity contribution in [3.8, 4) is 0 Å². The summed E-state index contributed by atoms with van der Waals surface area (Å²) < 4.78 is 56.3. The molecule has 1 N–H and O–H groups in total. The van der Waals surface area contributed by atoms with Gasteiger partial charge in [0.05, 0.1) is 16.3 Å². The van der Waals surface area contributed by atoms with Crippen molar-refractivity contribution in [1.29, 1.82) is 0 Å². The lowest BCUT2D eigenvalue weighted by Crippen LogP contribution is -2.45. The summed E-state index contributed by atoms with van der Waals surface area (Å²) in [7, 11) is -7.70. The molecule has 10 heteroatoms. The average Bonchev–Trinajstić information content (AvgIpc) is 2.88. The molecular weight excluding hydrogens is 498 g/mol. The van der Waals surface area contributed by atoms with Crippen molar-refractivity contribution < 1.29 is 21.6 Å². The van der Waals surface area contributed by atoms with Crippen LogP contribution in [0.2, 0.25) is 0 Å². The zero-order valence-corrected chi connectivity index (χ0v) is 22.3. The third kappa shape index (κ3) is 6.16. The molecule has 2 fully saturated rings. The summed E-state index contributed by atoms with van der Waals surface area (Å²) in [6, 6.07) is 14.1. The van der Waals surface area contributed by atoms with E-state index in [9.17, 15) is 21.6 Å². The maximum atomic E-state index is 13.7. The van der Waals surface area contributed by atoms with Crippen LogP contribution in [-0.4, -0.2) is 57.0 Å². The van der Waals surface area contributed by atoms with Gasteiger partial charge >= 0.3 is 0 Å². The van der Waals surface area contributed by atoms with Crippen LogP contribution in [0.1, 0.15) is 51.9 Å². The lowest BCUT2D eigenvalue weighted by atomic mass is 9.95. The molecule has 0 aromatic heterocycles. The smallest absolute Gasteiger partial charge is 0.243 e. The first kappa shape index (κ1) is 26.8. The van der Waals surface area contributed by atoms with Gasteiger partial charge in [0.25, 0.3) is 0 Å². The number of nitrogens with one attached hydrogen (secondary N) is 1. The van der Waals surface area contributed by atoms with Crippen molar-refractivity contribution in [2.45, 2.75) is 67.7 Å². The van der Waals surface area contributed by atoms with E-state index in [4.69, 9.17) is 0 Å². The maximum absolute atomic E-state index is 13.7. The summed E-state index contributed by atoms with van der Waals surface area (Å²) in [5, 5.41) is 2.77. The monoisotopic (exact) mass is 533 g/mol. The number of benzene rings is 2. The summed E-state index contributed by atoms with van der Waals surface area (Å²) in [6.45, 7) is 2.75. The molecule has 1 saturated carbocycles. The predicted octanol–water partition coefficient (Wildman–Crippen LogP) is 4.07. The van der Waals surface area contributed by atoms with Crippen LogP contribution in [-0.2, 0) is 24.8 Å². The SMILES string of the molecule is CC1CCN(S(=O)(=O)c2ccc(S(=O)(=O)N(CC(=O)Nc3ccccc3)C3CCCCC3)cc2)CC1. The van der Waals surface area contributed by atoms with Gasteiger partial charge in [0.2, 0.25) is 26.0 Å². The van der Waals surface area contributed by atoms with Gasteiger partial charge in [-0.1, -0.05) is 44.4 Å². The van der Waals surface area contributed by atoms with E-state index in [0.29, 0.717) is 37.5 Å². The van der Waals surface area contributed by atoms with Crippen LogP contribution >= 0.6 is 0 Å². The Kier molecular flexibility index (Phi) is 8.49. The van der Waals surface area contributed by atoms with Crippen LogP contribution in [0.15, 0.2) is 64.4 Å². The minimum atomic E-state index is -4.02. The Morgan fingerprint density at radius 3 is 2.06 bits per heavy atom. The number of amides is 1. The quantitative estimate of drug-likeness (QED) is 0.551. The zero-order chi connectivity index (χ0) is 25.8. The van der Waals surface area contributed by atoms with Crippen molar-refractivity contribution >= 4 is 31.6 Å². The highest BCUT2D eigenvalue weighted by Crippen LogP contribution is 2.29. The molecule has 0 unspecified atom stereocenters. The second-order valence-corrected chi connectivity index (χ2v) is 13.6. The first-order valence-corrected chi connectivity index (χ1v) is 15.5. The number of hydrogen-bond acceptors (Lipinski definition) is 5. The molecule has 1 aliphatic carbocycles. The van der Waals surface area contributed by atoms with E-state index in [1.807, 2.05) is 6.07 Å². The van der Waals surface area contributed by atoms with Crippen LogP contribution in [0.3, 0.4) is 0 Å². The van der Waals surface area contributed by atoms with Crippen molar-refractivity contribution in [2.24, 2.45) is 5.92 Å². The average molecular weight is 534 g/mol. The minimum absolute atomic E-state index is 0.00759. The van der Waals surface area contributed by atoms with Crippen molar-refractivity contribution in [2.75, 3.05) is 25.0 Å². The summed E-state index contributed by atoms with van der Waals surface area (Å²) in [5.74, 6) is 0.0858. The fraction of sp³-hybridized carbons (Fsp3) is 0.500. The number of nitrogens with zero attached hydrogens (tertiary/aromatic N) is 2. The Hall–Kier alpha value is -2.27. The highest BCUT2D eigenvalue weighted by Gasteiger charge is 2.35. The van der Waals surface area contributed by atoms with Gasteiger partial charge in [-0.2, -0.15) is 8.61 Å². The summed E-state index contributed by atoms with van der Waals surface area (Å²) in [6.07, 6.45) is 5.86. The minimum Gasteiger partial charge on any atom is -0.325 e. The van der Waals surface area contributed by atoms with Crippen molar-refractivity contribution in [1.82, 2.24) is 8.61 Å². The van der Waals surface area contributed by atoms with E-state index >= 15 is 0 Å². The Morgan fingerprint density at radius 2 is 1.44 bits per heavy atom. The van der Waals surface area contributed by atoms with Gasteiger partial charge < -0.3 is 5.32 Å². The fourth-order valence-electron chi connectivity index (χ4n) is 4.94. The van der Waals surface area contributed by atoms with Crippen molar-refractivity contribution in [3.05, 3.63) is 54.6 Å². The predicted molar refractivity (Wildman–Crippen MR) is 139 cm³/mol. The number of carbonyl (C=O) groups is 1.